The van der Waals surface area contributed by atoms with Crippen molar-refractivity contribution in [2.24, 2.45) is 0 Å². The van der Waals surface area contributed by atoms with E-state index in [-0.39, 0.29) is 19.4 Å². The van der Waals surface area contributed by atoms with Gasteiger partial charge in [0, 0.05) is 12.8 Å². The highest BCUT2D eigenvalue weighted by Crippen LogP contribution is 2.43. The molecule has 0 rings (SSSR count). The summed E-state index contributed by atoms with van der Waals surface area (Å²) in [6.07, 6.45) is 40.0. The van der Waals surface area contributed by atoms with E-state index in [1.54, 1.807) is 0 Å². The molecule has 0 saturated heterocycles. The lowest BCUT2D eigenvalue weighted by Crippen LogP contribution is -2.29. The smallest absolute Gasteiger partial charge is 0.462 e. The van der Waals surface area contributed by atoms with E-state index in [1.807, 2.05) is 0 Å². The molecule has 0 aromatic carbocycles. The molecule has 55 heavy (non-hydrogen) atoms. The molecule has 0 aliphatic heterocycles. The summed E-state index contributed by atoms with van der Waals surface area (Å²) in [5.74, 6) is -0.940. The Morgan fingerprint density at radius 1 is 0.527 bits per heavy atom. The quantitative estimate of drug-likeness (QED) is 0.0236. The van der Waals surface area contributed by atoms with Crippen molar-refractivity contribution in [3.8, 4) is 0 Å². The number of aliphatic hydroxyl groups excluding tert-OH is 2. The van der Waals surface area contributed by atoms with Crippen LogP contribution >= 0.6 is 7.82 Å². The molecule has 0 aliphatic carbocycles. The third-order valence-electron chi connectivity index (χ3n) is 9.58. The number of aliphatic hydroxyl groups is 2. The van der Waals surface area contributed by atoms with Crippen LogP contribution in [0, 0.1) is 0 Å². The zero-order valence-electron chi connectivity index (χ0n) is 35.2. The van der Waals surface area contributed by atoms with Crippen molar-refractivity contribution in [3.63, 3.8) is 0 Å². The fourth-order valence-corrected chi connectivity index (χ4v) is 6.89. The number of hydrogen-bond acceptors (Lipinski definition) is 9. The molecule has 0 saturated carbocycles. The second kappa shape index (κ2) is 40.6. The van der Waals surface area contributed by atoms with Crippen LogP contribution in [0.1, 0.15) is 206 Å². The lowest BCUT2D eigenvalue weighted by molar-refractivity contribution is -0.161. The first-order valence-electron chi connectivity index (χ1n) is 22.3. The van der Waals surface area contributed by atoms with Crippen molar-refractivity contribution in [2.45, 2.75) is 219 Å². The highest BCUT2D eigenvalue weighted by molar-refractivity contribution is 7.47. The number of phosphoric acid groups is 1. The maximum atomic E-state index is 12.6. The van der Waals surface area contributed by atoms with Crippen LogP contribution in [0.25, 0.3) is 0 Å². The van der Waals surface area contributed by atoms with Gasteiger partial charge in [0.1, 0.15) is 12.7 Å². The predicted octanol–water partition coefficient (Wildman–Crippen LogP) is 11.8. The molecular weight excluding hydrogens is 719 g/mol. The molecule has 0 spiro atoms. The van der Waals surface area contributed by atoms with E-state index in [9.17, 15) is 24.2 Å². The fourth-order valence-electron chi connectivity index (χ4n) is 6.10. The SMILES string of the molecule is CCCCCC/C=C/CCCCCCCCCCCC(=O)O[C@H](COC(=O)CCCCC/C=C/CCCCCCCCCC)COP(=O)(O)OC[C@@H](O)CO. The van der Waals surface area contributed by atoms with Crippen LogP contribution in [0.3, 0.4) is 0 Å². The molecule has 0 bridgehead atoms. The Labute approximate surface area is 336 Å². The first-order valence-corrected chi connectivity index (χ1v) is 23.8. The minimum Gasteiger partial charge on any atom is -0.462 e. The van der Waals surface area contributed by atoms with Crippen LogP contribution in [0.5, 0.6) is 0 Å². The number of esters is 2. The molecule has 3 N–H and O–H groups in total. The zero-order valence-corrected chi connectivity index (χ0v) is 36.0. The highest BCUT2D eigenvalue weighted by Gasteiger charge is 2.27. The number of carbonyl (C=O) groups is 2. The predicted molar refractivity (Wildman–Crippen MR) is 224 cm³/mol. The minimum absolute atomic E-state index is 0.181. The Balaban J connectivity index is 4.29. The van der Waals surface area contributed by atoms with E-state index in [0.29, 0.717) is 12.8 Å². The van der Waals surface area contributed by atoms with Crippen molar-refractivity contribution in [1.29, 1.82) is 0 Å². The van der Waals surface area contributed by atoms with Crippen LogP contribution in [0.4, 0.5) is 0 Å². The molecular formula is C44H83O10P. The number of unbranched alkanes of at least 4 members (excludes halogenated alkanes) is 24. The number of hydrogen-bond donors (Lipinski definition) is 3. The van der Waals surface area contributed by atoms with Gasteiger partial charge in [0.15, 0.2) is 6.10 Å². The fraction of sp³-hybridized carbons (Fsp3) is 0.864. The molecule has 1 unspecified atom stereocenters. The normalized spacial score (nSPS) is 14.1. The Morgan fingerprint density at radius 2 is 0.891 bits per heavy atom. The summed E-state index contributed by atoms with van der Waals surface area (Å²) in [4.78, 5) is 35.0. The Kier molecular flexibility index (Phi) is 39.5. The van der Waals surface area contributed by atoms with Gasteiger partial charge in [-0.05, 0) is 64.2 Å². The summed E-state index contributed by atoms with van der Waals surface area (Å²) in [5.41, 5.74) is 0. The first kappa shape index (κ1) is 53.5. The van der Waals surface area contributed by atoms with Gasteiger partial charge < -0.3 is 24.6 Å². The summed E-state index contributed by atoms with van der Waals surface area (Å²) in [5, 5.41) is 18.3. The average molecular weight is 803 g/mol. The summed E-state index contributed by atoms with van der Waals surface area (Å²) < 4.78 is 32.7. The van der Waals surface area contributed by atoms with Gasteiger partial charge >= 0.3 is 19.8 Å². The third kappa shape index (κ3) is 40.4. The lowest BCUT2D eigenvalue weighted by Gasteiger charge is -2.20. The maximum Gasteiger partial charge on any atom is 0.472 e. The Bertz CT molecular complexity index is 972. The van der Waals surface area contributed by atoms with Gasteiger partial charge in [0.2, 0.25) is 0 Å². The van der Waals surface area contributed by atoms with Gasteiger partial charge in [-0.15, -0.1) is 0 Å². The Morgan fingerprint density at radius 3 is 1.35 bits per heavy atom. The molecule has 3 atom stereocenters. The van der Waals surface area contributed by atoms with Crippen molar-refractivity contribution in [1.82, 2.24) is 0 Å². The zero-order chi connectivity index (χ0) is 40.5. The highest BCUT2D eigenvalue weighted by atomic mass is 31.2. The van der Waals surface area contributed by atoms with Crippen LogP contribution in [0.15, 0.2) is 24.3 Å². The third-order valence-corrected chi connectivity index (χ3v) is 10.5. The van der Waals surface area contributed by atoms with Gasteiger partial charge in [0.05, 0.1) is 19.8 Å². The van der Waals surface area contributed by atoms with Gasteiger partial charge in [-0.25, -0.2) is 4.57 Å². The number of allylic oxidation sites excluding steroid dienone is 4. The van der Waals surface area contributed by atoms with E-state index in [0.717, 1.165) is 44.9 Å². The molecule has 0 aromatic rings. The molecule has 0 aromatic heterocycles. The van der Waals surface area contributed by atoms with Gasteiger partial charge in [-0.2, -0.15) is 0 Å². The van der Waals surface area contributed by atoms with Crippen LogP contribution < -0.4 is 0 Å². The second-order valence-electron chi connectivity index (χ2n) is 15.1. The molecule has 10 nitrogen and oxygen atoms in total. The summed E-state index contributed by atoms with van der Waals surface area (Å²) in [6.45, 7) is 2.36. The average Bonchev–Trinajstić information content (AvgIpc) is 3.17. The molecule has 0 aliphatic rings. The van der Waals surface area contributed by atoms with E-state index in [1.165, 1.54) is 122 Å². The minimum atomic E-state index is -4.62. The van der Waals surface area contributed by atoms with E-state index in [4.69, 9.17) is 23.6 Å². The lowest BCUT2D eigenvalue weighted by atomic mass is 10.1. The van der Waals surface area contributed by atoms with Gasteiger partial charge in [-0.3, -0.25) is 18.6 Å². The van der Waals surface area contributed by atoms with Crippen molar-refractivity contribution < 1.29 is 47.8 Å². The van der Waals surface area contributed by atoms with E-state index in [2.05, 4.69) is 38.2 Å². The van der Waals surface area contributed by atoms with E-state index >= 15 is 0 Å². The standard InChI is InChI=1S/C44H83O10P/c1-3-5-7-9-11-13-15-17-19-20-22-24-26-28-30-32-34-36-44(48)54-42(40-53-55(49,50)52-38-41(46)37-45)39-51-43(47)35-33-31-29-27-25-23-21-18-16-14-12-10-8-6-4-2/h13,15,23,25,41-42,45-46H,3-12,14,16-22,24,26-40H2,1-2H3,(H,49,50)/b15-13+,25-23+/t41-,42+/m0/s1. The van der Waals surface area contributed by atoms with Crippen LogP contribution in [0.2, 0.25) is 0 Å². The first-order chi connectivity index (χ1) is 26.7. The number of rotatable bonds is 42. The topological polar surface area (TPSA) is 149 Å². The number of ether oxygens (including phenoxy) is 2. The van der Waals surface area contributed by atoms with Crippen LogP contribution in [-0.2, 0) is 32.7 Å². The molecule has 0 fully saturated rings. The number of phosphoric ester groups is 1. The van der Waals surface area contributed by atoms with Crippen molar-refractivity contribution in [3.05, 3.63) is 24.3 Å². The largest absolute Gasteiger partial charge is 0.472 e. The summed E-state index contributed by atoms with van der Waals surface area (Å²) in [7, 11) is -4.62. The molecule has 0 radical (unpaired) electrons. The molecule has 324 valence electrons. The summed E-state index contributed by atoms with van der Waals surface area (Å²) >= 11 is 0. The molecule has 0 heterocycles. The number of carbonyl (C=O) groups excluding carboxylic acids is 2. The molecule has 0 amide bonds. The monoisotopic (exact) mass is 803 g/mol. The van der Waals surface area contributed by atoms with Gasteiger partial charge in [-0.1, -0.05) is 154 Å². The van der Waals surface area contributed by atoms with Gasteiger partial charge in [0.25, 0.3) is 0 Å². The van der Waals surface area contributed by atoms with E-state index < -0.39 is 51.8 Å². The van der Waals surface area contributed by atoms with Crippen molar-refractivity contribution >= 4 is 19.8 Å². The molecule has 11 heteroatoms. The maximum absolute atomic E-state index is 12.6. The Hall–Kier alpha value is -1.55. The van der Waals surface area contributed by atoms with Crippen LogP contribution in [-0.4, -0.2) is 65.7 Å². The second-order valence-corrected chi connectivity index (χ2v) is 16.5. The summed E-state index contributed by atoms with van der Waals surface area (Å²) in [6, 6.07) is 0. The van der Waals surface area contributed by atoms with Crippen molar-refractivity contribution in [2.75, 3.05) is 26.4 Å².